The van der Waals surface area contributed by atoms with E-state index in [0.717, 1.165) is 6.07 Å². The fourth-order valence-electron chi connectivity index (χ4n) is 2.62. The van der Waals surface area contributed by atoms with Crippen LogP contribution in [-0.4, -0.2) is 18.8 Å². The monoisotopic (exact) mass is 409 g/mol. The maximum atomic E-state index is 13.1. The van der Waals surface area contributed by atoms with Crippen molar-refractivity contribution in [1.82, 2.24) is 0 Å². The van der Waals surface area contributed by atoms with Gasteiger partial charge in [-0.05, 0) is 66.2 Å². The molecular formula is C23H17ClFNO3. The molecule has 6 heteroatoms. The molecule has 0 aromatic heterocycles. The summed E-state index contributed by atoms with van der Waals surface area (Å²) in [6.07, 6.45) is 2.95. The van der Waals surface area contributed by atoms with E-state index >= 15 is 0 Å². The van der Waals surface area contributed by atoms with E-state index in [1.165, 1.54) is 18.2 Å². The zero-order valence-electron chi connectivity index (χ0n) is 15.5. The number of carbonyl (C=O) groups excluding carboxylic acids is 2. The number of anilines is 1. The van der Waals surface area contributed by atoms with Crippen LogP contribution in [0.1, 0.15) is 26.3 Å². The molecule has 3 rings (SSSR count). The van der Waals surface area contributed by atoms with Gasteiger partial charge in [-0.25, -0.2) is 4.39 Å². The van der Waals surface area contributed by atoms with Gasteiger partial charge in [-0.1, -0.05) is 29.8 Å². The van der Waals surface area contributed by atoms with Gasteiger partial charge in [0, 0.05) is 16.8 Å². The number of allylic oxidation sites excluding steroid dienone is 1. The van der Waals surface area contributed by atoms with Crippen LogP contribution in [0.2, 0.25) is 5.02 Å². The Labute approximate surface area is 172 Å². The summed E-state index contributed by atoms with van der Waals surface area (Å²) < 4.78 is 18.2. The van der Waals surface area contributed by atoms with E-state index in [9.17, 15) is 14.0 Å². The van der Waals surface area contributed by atoms with E-state index < -0.39 is 5.82 Å². The van der Waals surface area contributed by atoms with Gasteiger partial charge in [-0.15, -0.1) is 0 Å². The first-order valence-electron chi connectivity index (χ1n) is 8.69. The number of methoxy groups -OCH3 is 1. The van der Waals surface area contributed by atoms with Gasteiger partial charge in [0.25, 0.3) is 5.91 Å². The maximum absolute atomic E-state index is 13.1. The minimum absolute atomic E-state index is 0.0557. The predicted molar refractivity (Wildman–Crippen MR) is 112 cm³/mol. The van der Waals surface area contributed by atoms with E-state index in [1.54, 1.807) is 61.7 Å². The minimum Gasteiger partial charge on any atom is -0.497 e. The molecule has 0 saturated heterocycles. The standard InChI is InChI=1S/C23H17ClFNO3/c1-29-19-9-6-16(7-10-19)23(28)26-18-4-2-3-15(13-18)5-12-22(27)20-11-8-17(25)14-21(20)24/h2-14H,1H3,(H,26,28)/b12-5+. The summed E-state index contributed by atoms with van der Waals surface area (Å²) in [6, 6.07) is 17.4. The highest BCUT2D eigenvalue weighted by Crippen LogP contribution is 2.19. The number of ether oxygens (including phenoxy) is 1. The zero-order valence-corrected chi connectivity index (χ0v) is 16.2. The second-order valence-corrected chi connectivity index (χ2v) is 6.54. The first kappa shape index (κ1) is 20.3. The average molecular weight is 410 g/mol. The van der Waals surface area contributed by atoms with Gasteiger partial charge in [-0.3, -0.25) is 9.59 Å². The van der Waals surface area contributed by atoms with Crippen molar-refractivity contribution in [3.8, 4) is 5.75 Å². The highest BCUT2D eigenvalue weighted by molar-refractivity contribution is 6.34. The van der Waals surface area contributed by atoms with E-state index in [4.69, 9.17) is 16.3 Å². The fourth-order valence-corrected chi connectivity index (χ4v) is 2.88. The van der Waals surface area contributed by atoms with Crippen LogP contribution in [0.4, 0.5) is 10.1 Å². The summed E-state index contributed by atoms with van der Waals surface area (Å²) in [5.41, 5.74) is 2.01. The molecule has 0 radical (unpaired) electrons. The topological polar surface area (TPSA) is 55.4 Å². The van der Waals surface area contributed by atoms with Crippen LogP contribution < -0.4 is 10.1 Å². The largest absolute Gasteiger partial charge is 0.497 e. The van der Waals surface area contributed by atoms with E-state index in [1.807, 2.05) is 0 Å². The lowest BCUT2D eigenvalue weighted by Gasteiger charge is -2.07. The summed E-state index contributed by atoms with van der Waals surface area (Å²) in [4.78, 5) is 24.6. The lowest BCUT2D eigenvalue weighted by atomic mass is 10.1. The van der Waals surface area contributed by atoms with Gasteiger partial charge in [0.15, 0.2) is 5.78 Å². The Morgan fingerprint density at radius 2 is 1.79 bits per heavy atom. The molecule has 3 aromatic rings. The van der Waals surface area contributed by atoms with E-state index in [0.29, 0.717) is 22.6 Å². The Balaban J connectivity index is 1.70. The fraction of sp³-hybridized carbons (Fsp3) is 0.0435. The summed E-state index contributed by atoms with van der Waals surface area (Å²) in [7, 11) is 1.56. The number of amides is 1. The van der Waals surface area contributed by atoms with Gasteiger partial charge < -0.3 is 10.1 Å². The summed E-state index contributed by atoms with van der Waals surface area (Å²) in [6.45, 7) is 0. The molecule has 0 aliphatic rings. The van der Waals surface area contributed by atoms with Crippen molar-refractivity contribution in [3.05, 3.63) is 100 Å². The molecule has 0 saturated carbocycles. The lowest BCUT2D eigenvalue weighted by molar-refractivity contribution is 0.102. The molecule has 0 bridgehead atoms. The number of halogens is 2. The molecule has 29 heavy (non-hydrogen) atoms. The number of hydrogen-bond acceptors (Lipinski definition) is 3. The van der Waals surface area contributed by atoms with Crippen molar-refractivity contribution in [1.29, 1.82) is 0 Å². The molecule has 0 fully saturated rings. The quantitative estimate of drug-likeness (QED) is 0.423. The minimum atomic E-state index is -0.504. The van der Waals surface area contributed by atoms with Crippen molar-refractivity contribution >= 4 is 35.1 Å². The Hall–Kier alpha value is -3.44. The van der Waals surface area contributed by atoms with Crippen LogP contribution in [0.5, 0.6) is 5.75 Å². The number of hydrogen-bond donors (Lipinski definition) is 1. The van der Waals surface area contributed by atoms with Crippen LogP contribution in [0.25, 0.3) is 6.08 Å². The van der Waals surface area contributed by atoms with Crippen molar-refractivity contribution < 1.29 is 18.7 Å². The molecule has 0 heterocycles. The van der Waals surface area contributed by atoms with Gasteiger partial charge in [0.05, 0.1) is 12.1 Å². The highest BCUT2D eigenvalue weighted by atomic mass is 35.5. The van der Waals surface area contributed by atoms with Gasteiger partial charge >= 0.3 is 0 Å². The van der Waals surface area contributed by atoms with Gasteiger partial charge in [0.1, 0.15) is 11.6 Å². The number of ketones is 1. The summed E-state index contributed by atoms with van der Waals surface area (Å²) in [5.74, 6) is -0.443. The Morgan fingerprint density at radius 1 is 1.03 bits per heavy atom. The third-order valence-corrected chi connectivity index (χ3v) is 4.43. The number of nitrogens with one attached hydrogen (secondary N) is 1. The lowest BCUT2D eigenvalue weighted by Crippen LogP contribution is -2.11. The normalized spacial score (nSPS) is 10.7. The van der Waals surface area contributed by atoms with Crippen LogP contribution in [0, 0.1) is 5.82 Å². The average Bonchev–Trinajstić information content (AvgIpc) is 2.72. The third-order valence-electron chi connectivity index (χ3n) is 4.12. The Kier molecular flexibility index (Phi) is 6.42. The summed E-state index contributed by atoms with van der Waals surface area (Å²) >= 11 is 5.92. The van der Waals surface area contributed by atoms with Crippen molar-refractivity contribution in [3.63, 3.8) is 0 Å². The van der Waals surface area contributed by atoms with Crippen LogP contribution in [0.3, 0.4) is 0 Å². The molecule has 146 valence electrons. The third kappa shape index (κ3) is 5.30. The first-order valence-corrected chi connectivity index (χ1v) is 9.07. The van der Waals surface area contributed by atoms with Crippen LogP contribution in [-0.2, 0) is 0 Å². The SMILES string of the molecule is COc1ccc(C(=O)Nc2cccc(/C=C/C(=O)c3ccc(F)cc3Cl)c2)cc1. The van der Waals surface area contributed by atoms with Crippen molar-refractivity contribution in [2.45, 2.75) is 0 Å². The second-order valence-electron chi connectivity index (χ2n) is 6.13. The predicted octanol–water partition coefficient (Wildman–Crippen LogP) is 5.64. The first-order chi connectivity index (χ1) is 14.0. The molecule has 0 aliphatic heterocycles. The Morgan fingerprint density at radius 3 is 2.48 bits per heavy atom. The molecule has 0 atom stereocenters. The molecular weight excluding hydrogens is 393 g/mol. The summed E-state index contributed by atoms with van der Waals surface area (Å²) in [5, 5.41) is 2.87. The second kappa shape index (κ2) is 9.17. The molecule has 1 N–H and O–H groups in total. The van der Waals surface area contributed by atoms with Gasteiger partial charge in [-0.2, -0.15) is 0 Å². The van der Waals surface area contributed by atoms with Gasteiger partial charge in [0.2, 0.25) is 0 Å². The maximum Gasteiger partial charge on any atom is 0.255 e. The van der Waals surface area contributed by atoms with E-state index in [-0.39, 0.29) is 22.3 Å². The number of carbonyl (C=O) groups is 2. The van der Waals surface area contributed by atoms with Crippen molar-refractivity contribution in [2.75, 3.05) is 12.4 Å². The zero-order chi connectivity index (χ0) is 20.8. The molecule has 0 aliphatic carbocycles. The Bertz CT molecular complexity index is 1080. The molecule has 0 unspecified atom stereocenters. The molecule has 4 nitrogen and oxygen atoms in total. The molecule has 0 spiro atoms. The molecule has 3 aromatic carbocycles. The van der Waals surface area contributed by atoms with E-state index in [2.05, 4.69) is 5.32 Å². The number of benzene rings is 3. The molecule has 1 amide bonds. The van der Waals surface area contributed by atoms with Crippen LogP contribution in [0.15, 0.2) is 72.8 Å². The number of rotatable bonds is 6. The smallest absolute Gasteiger partial charge is 0.255 e. The van der Waals surface area contributed by atoms with Crippen molar-refractivity contribution in [2.24, 2.45) is 0 Å². The van der Waals surface area contributed by atoms with Crippen LogP contribution >= 0.6 is 11.6 Å². The highest BCUT2D eigenvalue weighted by Gasteiger charge is 2.09.